The second-order valence-corrected chi connectivity index (χ2v) is 10.5. The molecule has 0 spiro atoms. The van der Waals surface area contributed by atoms with Gasteiger partial charge in [-0.15, -0.1) is 0 Å². The molecule has 0 bridgehead atoms. The predicted octanol–water partition coefficient (Wildman–Crippen LogP) is 4.92. The van der Waals surface area contributed by atoms with Gasteiger partial charge in [-0.05, 0) is 73.2 Å². The molecule has 3 aromatic rings. The highest BCUT2D eigenvalue weighted by Crippen LogP contribution is 2.41. The minimum absolute atomic E-state index is 0.0547. The van der Waals surface area contributed by atoms with Crippen LogP contribution in [0.5, 0.6) is 17.2 Å². The number of ether oxygens (including phenoxy) is 2. The van der Waals surface area contributed by atoms with E-state index >= 15 is 0 Å². The van der Waals surface area contributed by atoms with E-state index in [1.54, 1.807) is 0 Å². The predicted molar refractivity (Wildman–Crippen MR) is 140 cm³/mol. The van der Waals surface area contributed by atoms with Gasteiger partial charge in [0.1, 0.15) is 23.4 Å². The Hall–Kier alpha value is -3.91. The fraction of sp³-hybridized carbons (Fsp3) is 0.241. The second kappa shape index (κ2) is 9.86. The molecule has 188 valence electrons. The fourth-order valence-corrected chi connectivity index (χ4v) is 6.04. The summed E-state index contributed by atoms with van der Waals surface area (Å²) in [7, 11) is -1.52. The Morgan fingerprint density at radius 2 is 1.76 bits per heavy atom. The summed E-state index contributed by atoms with van der Waals surface area (Å²) in [5, 5.41) is 0. The van der Waals surface area contributed by atoms with E-state index < -0.39 is 11.0 Å². The summed E-state index contributed by atoms with van der Waals surface area (Å²) in [5.74, 6) is 1.82. The van der Waals surface area contributed by atoms with Crippen LogP contribution in [0.1, 0.15) is 52.4 Å². The summed E-state index contributed by atoms with van der Waals surface area (Å²) >= 11 is 0. The monoisotopic (exact) mass is 514 g/mol. The van der Waals surface area contributed by atoms with Crippen molar-refractivity contribution in [3.63, 3.8) is 0 Å². The van der Waals surface area contributed by atoms with Crippen LogP contribution in [0, 0.1) is 0 Å². The number of benzene rings is 3. The Labute approximate surface area is 217 Å². The number of hydrogen-bond donors (Lipinski definition) is 1. The Kier molecular flexibility index (Phi) is 6.26. The van der Waals surface area contributed by atoms with Crippen molar-refractivity contribution in [2.75, 3.05) is 13.1 Å². The molecule has 2 aliphatic heterocycles. The van der Waals surface area contributed by atoms with Gasteiger partial charge in [-0.3, -0.25) is 14.3 Å². The van der Waals surface area contributed by atoms with Crippen molar-refractivity contribution in [3.05, 3.63) is 95.1 Å². The molecule has 1 unspecified atom stereocenters. The minimum Gasteiger partial charge on any atom is -0.486 e. The van der Waals surface area contributed by atoms with Crippen LogP contribution in [-0.4, -0.2) is 34.0 Å². The zero-order valence-corrected chi connectivity index (χ0v) is 21.0. The van der Waals surface area contributed by atoms with Crippen LogP contribution in [0.25, 0.3) is 4.91 Å². The van der Waals surface area contributed by atoms with E-state index in [4.69, 9.17) is 9.47 Å². The third-order valence-electron chi connectivity index (χ3n) is 6.95. The highest BCUT2D eigenvalue weighted by atomic mass is 32.2. The van der Waals surface area contributed by atoms with Gasteiger partial charge < -0.3 is 14.4 Å². The third-order valence-corrected chi connectivity index (χ3v) is 8.09. The number of nitrogens with zero attached hydrogens (tertiary/aromatic N) is 1. The maximum absolute atomic E-state index is 12.8. The molecule has 2 atom stereocenters. The molecule has 6 rings (SSSR count). The van der Waals surface area contributed by atoms with E-state index in [9.17, 15) is 13.8 Å². The highest BCUT2D eigenvalue weighted by molar-refractivity contribution is 7.93. The Bertz CT molecular complexity index is 1430. The second-order valence-electron chi connectivity index (χ2n) is 9.37. The zero-order chi connectivity index (χ0) is 25.4. The first-order valence-corrected chi connectivity index (χ1v) is 13.6. The largest absolute Gasteiger partial charge is 0.486 e. The van der Waals surface area contributed by atoms with Crippen molar-refractivity contribution in [3.8, 4) is 17.2 Å². The minimum atomic E-state index is -1.52. The molecule has 1 saturated heterocycles. The number of fused-ring (bicyclic) bond motifs is 1. The topological polar surface area (TPSA) is 84.9 Å². The molecule has 1 N–H and O–H groups in total. The van der Waals surface area contributed by atoms with E-state index in [2.05, 4.69) is 10.8 Å². The molecule has 8 heteroatoms. The number of nitrogens with one attached hydrogen (secondary N) is 1. The van der Waals surface area contributed by atoms with Crippen molar-refractivity contribution in [2.45, 2.75) is 31.8 Å². The molecule has 1 aliphatic carbocycles. The van der Waals surface area contributed by atoms with Gasteiger partial charge in [-0.2, -0.15) is 0 Å². The van der Waals surface area contributed by atoms with E-state index in [0.29, 0.717) is 22.0 Å². The molecule has 3 aromatic carbocycles. The van der Waals surface area contributed by atoms with E-state index in [0.717, 1.165) is 61.2 Å². The quantitative estimate of drug-likeness (QED) is 0.505. The van der Waals surface area contributed by atoms with Crippen LogP contribution in [-0.2, 0) is 22.2 Å². The lowest BCUT2D eigenvalue weighted by Gasteiger charge is -2.17. The van der Waals surface area contributed by atoms with Crippen LogP contribution >= 0.6 is 0 Å². The molecule has 0 aromatic heterocycles. The highest BCUT2D eigenvalue weighted by Gasteiger charge is 2.28. The van der Waals surface area contributed by atoms with Gasteiger partial charge >= 0.3 is 0 Å². The smallest absolute Gasteiger partial charge is 0.257 e. The molecule has 7 nitrogen and oxygen atoms in total. The van der Waals surface area contributed by atoms with E-state index in [-0.39, 0.29) is 17.9 Å². The molecule has 0 radical (unpaired) electrons. The molecule has 2 heterocycles. The summed E-state index contributed by atoms with van der Waals surface area (Å²) in [6, 6.07) is 20.7. The normalized spacial score (nSPS) is 20.4. The number of likely N-dealkylation sites (tertiary alicyclic amines) is 1. The van der Waals surface area contributed by atoms with Crippen molar-refractivity contribution in [1.82, 2.24) is 9.62 Å². The van der Waals surface area contributed by atoms with Gasteiger partial charge in [0.05, 0.1) is 4.91 Å². The van der Waals surface area contributed by atoms with Gasteiger partial charge in [0.25, 0.3) is 11.8 Å². The SMILES string of the molecule is O=C1C=C(c2ccc(O[C@@H]3CCc4c(Oc5cccc(C(=O)N6CCCC6)c5)cccc43)cc2)S(=O)N1. The third kappa shape index (κ3) is 4.76. The van der Waals surface area contributed by atoms with E-state index in [1.165, 1.54) is 6.08 Å². The number of carbonyl (C=O) groups is 2. The van der Waals surface area contributed by atoms with Crippen LogP contribution in [0.3, 0.4) is 0 Å². The Balaban J connectivity index is 1.17. The van der Waals surface area contributed by atoms with E-state index in [1.807, 2.05) is 65.6 Å². The average Bonchev–Trinajstić information content (AvgIpc) is 3.66. The Morgan fingerprint density at radius 3 is 2.51 bits per heavy atom. The average molecular weight is 515 g/mol. The summed E-state index contributed by atoms with van der Waals surface area (Å²) in [6.07, 6.45) is 5.00. The lowest BCUT2D eigenvalue weighted by Crippen LogP contribution is -2.27. The van der Waals surface area contributed by atoms with Crippen LogP contribution in [0.15, 0.2) is 72.8 Å². The number of hydrogen-bond acceptors (Lipinski definition) is 5. The number of carbonyl (C=O) groups excluding carboxylic acids is 2. The molecule has 1 fully saturated rings. The summed E-state index contributed by atoms with van der Waals surface area (Å²) < 4.78 is 26.9. The molecular weight excluding hydrogens is 488 g/mol. The lowest BCUT2D eigenvalue weighted by molar-refractivity contribution is -0.114. The van der Waals surface area contributed by atoms with Gasteiger partial charge in [0, 0.05) is 30.3 Å². The van der Waals surface area contributed by atoms with Gasteiger partial charge in [0.15, 0.2) is 11.0 Å². The molecule has 2 amide bonds. The van der Waals surface area contributed by atoms with Gasteiger partial charge in [-0.25, -0.2) is 4.21 Å². The van der Waals surface area contributed by atoms with Crippen molar-refractivity contribution in [2.24, 2.45) is 0 Å². The molecule has 37 heavy (non-hydrogen) atoms. The maximum atomic E-state index is 12.8. The molecular formula is C29H26N2O5S. The standard InChI is InChI=1S/C29H26N2O5S/c32-28-18-27(37(34)30-28)19-9-11-21(12-10-19)35-26-14-13-24-23(26)7-4-8-25(24)36-22-6-3-5-20(17-22)29(33)31-15-1-2-16-31/h3-12,17-18,26H,1-2,13-16H2,(H,30,32)/t26-,37?/m1/s1. The molecule has 0 saturated carbocycles. The first-order chi connectivity index (χ1) is 18.0. The summed E-state index contributed by atoms with van der Waals surface area (Å²) in [5.41, 5.74) is 3.56. The van der Waals surface area contributed by atoms with Crippen LogP contribution in [0.2, 0.25) is 0 Å². The van der Waals surface area contributed by atoms with Crippen molar-refractivity contribution >= 4 is 27.7 Å². The van der Waals surface area contributed by atoms with Gasteiger partial charge in [-0.1, -0.05) is 30.3 Å². The van der Waals surface area contributed by atoms with Gasteiger partial charge in [0.2, 0.25) is 0 Å². The van der Waals surface area contributed by atoms with Crippen molar-refractivity contribution < 1.29 is 23.3 Å². The van der Waals surface area contributed by atoms with Crippen LogP contribution in [0.4, 0.5) is 0 Å². The number of rotatable bonds is 6. The summed E-state index contributed by atoms with van der Waals surface area (Å²) in [6.45, 7) is 1.63. The number of amides is 2. The fourth-order valence-electron chi connectivity index (χ4n) is 5.12. The van der Waals surface area contributed by atoms with Crippen LogP contribution < -0.4 is 14.2 Å². The molecule has 3 aliphatic rings. The van der Waals surface area contributed by atoms with Crippen molar-refractivity contribution in [1.29, 1.82) is 0 Å². The Morgan fingerprint density at radius 1 is 0.973 bits per heavy atom. The first kappa shape index (κ1) is 23.5. The summed E-state index contributed by atoms with van der Waals surface area (Å²) in [4.78, 5) is 26.6. The zero-order valence-electron chi connectivity index (χ0n) is 20.1. The first-order valence-electron chi connectivity index (χ1n) is 12.5. The lowest BCUT2D eigenvalue weighted by atomic mass is 10.1. The maximum Gasteiger partial charge on any atom is 0.257 e.